The van der Waals surface area contributed by atoms with Crippen molar-refractivity contribution in [2.75, 3.05) is 37.6 Å². The third kappa shape index (κ3) is 3.61. The van der Waals surface area contributed by atoms with Gasteiger partial charge in [0.25, 0.3) is 0 Å². The summed E-state index contributed by atoms with van der Waals surface area (Å²) in [6.45, 7) is 5.79. The van der Waals surface area contributed by atoms with Gasteiger partial charge in [0.05, 0.1) is 0 Å². The summed E-state index contributed by atoms with van der Waals surface area (Å²) < 4.78 is 1.05. The molecule has 1 unspecified atom stereocenters. The Morgan fingerprint density at radius 1 is 1.15 bits per heavy atom. The van der Waals surface area contributed by atoms with Gasteiger partial charge in [-0.1, -0.05) is 12.2 Å². The molecule has 20 heavy (non-hydrogen) atoms. The first kappa shape index (κ1) is 14.1. The van der Waals surface area contributed by atoms with Gasteiger partial charge in [0.1, 0.15) is 5.82 Å². The molecule has 3 nitrogen and oxygen atoms in total. The standard InChI is InChI=1S/C16H22BrN3/c17-15-6-7-16(18-12-15)20-10-8-19(9-11-20)13-14-4-2-1-3-5-14/h1-2,6-7,12,14H,3-5,8-11,13H2. The number of hydrogen-bond donors (Lipinski definition) is 0. The van der Waals surface area contributed by atoms with Crippen LogP contribution in [0.4, 0.5) is 5.82 Å². The molecule has 0 N–H and O–H groups in total. The van der Waals surface area contributed by atoms with E-state index in [0.717, 1.165) is 42.4 Å². The van der Waals surface area contributed by atoms with Crippen LogP contribution in [0.25, 0.3) is 0 Å². The van der Waals surface area contributed by atoms with Crippen LogP contribution in [0, 0.1) is 5.92 Å². The Kier molecular flexibility index (Phi) is 4.73. The van der Waals surface area contributed by atoms with E-state index in [1.807, 2.05) is 6.20 Å². The van der Waals surface area contributed by atoms with Crippen LogP contribution >= 0.6 is 15.9 Å². The molecule has 2 heterocycles. The second-order valence-electron chi connectivity index (χ2n) is 5.77. The predicted molar refractivity (Wildman–Crippen MR) is 87.1 cm³/mol. The van der Waals surface area contributed by atoms with Crippen LogP contribution in [0.1, 0.15) is 19.3 Å². The van der Waals surface area contributed by atoms with Crippen molar-refractivity contribution in [1.82, 2.24) is 9.88 Å². The largest absolute Gasteiger partial charge is 0.354 e. The summed E-state index contributed by atoms with van der Waals surface area (Å²) in [5.41, 5.74) is 0. The summed E-state index contributed by atoms with van der Waals surface area (Å²) in [4.78, 5) is 9.51. The monoisotopic (exact) mass is 335 g/mol. The SMILES string of the molecule is Brc1ccc(N2CCN(CC3CC=CCC3)CC2)nc1. The molecule has 1 aliphatic heterocycles. The first-order valence-electron chi connectivity index (χ1n) is 7.55. The third-order valence-electron chi connectivity index (χ3n) is 4.30. The molecule has 3 rings (SSSR count). The summed E-state index contributed by atoms with van der Waals surface area (Å²) in [6.07, 6.45) is 10.5. The number of aromatic nitrogens is 1. The fourth-order valence-electron chi connectivity index (χ4n) is 3.10. The zero-order chi connectivity index (χ0) is 13.8. The smallest absolute Gasteiger partial charge is 0.128 e. The number of hydrogen-bond acceptors (Lipinski definition) is 3. The van der Waals surface area contributed by atoms with Crippen molar-refractivity contribution in [3.05, 3.63) is 35.0 Å². The summed E-state index contributed by atoms with van der Waals surface area (Å²) in [5.74, 6) is 1.98. The van der Waals surface area contributed by atoms with Gasteiger partial charge < -0.3 is 4.90 Å². The zero-order valence-corrected chi connectivity index (χ0v) is 13.4. The van der Waals surface area contributed by atoms with Crippen LogP contribution in [-0.2, 0) is 0 Å². The topological polar surface area (TPSA) is 19.4 Å². The average Bonchev–Trinajstić information content (AvgIpc) is 2.50. The minimum Gasteiger partial charge on any atom is -0.354 e. The molecule has 1 aromatic heterocycles. The van der Waals surface area contributed by atoms with Crippen LogP contribution in [0.5, 0.6) is 0 Å². The van der Waals surface area contributed by atoms with E-state index >= 15 is 0 Å². The first-order valence-corrected chi connectivity index (χ1v) is 8.34. The molecule has 0 saturated carbocycles. The number of anilines is 1. The van der Waals surface area contributed by atoms with Gasteiger partial charge >= 0.3 is 0 Å². The Hall–Kier alpha value is -0.870. The Morgan fingerprint density at radius 2 is 2.00 bits per heavy atom. The quantitative estimate of drug-likeness (QED) is 0.790. The number of pyridine rings is 1. The van der Waals surface area contributed by atoms with Crippen molar-refractivity contribution < 1.29 is 0 Å². The average molecular weight is 336 g/mol. The Bertz CT molecular complexity index is 449. The van der Waals surface area contributed by atoms with Crippen molar-refractivity contribution >= 4 is 21.7 Å². The molecular weight excluding hydrogens is 314 g/mol. The molecule has 0 bridgehead atoms. The lowest BCUT2D eigenvalue weighted by Gasteiger charge is -2.37. The van der Waals surface area contributed by atoms with Crippen LogP contribution in [-0.4, -0.2) is 42.6 Å². The van der Waals surface area contributed by atoms with Gasteiger partial charge in [-0.25, -0.2) is 4.98 Å². The van der Waals surface area contributed by atoms with Crippen LogP contribution in [0.15, 0.2) is 35.0 Å². The van der Waals surface area contributed by atoms with Gasteiger partial charge in [-0.3, -0.25) is 4.90 Å². The van der Waals surface area contributed by atoms with Gasteiger partial charge in [-0.05, 0) is 53.2 Å². The van der Waals surface area contributed by atoms with Crippen molar-refractivity contribution in [1.29, 1.82) is 0 Å². The highest BCUT2D eigenvalue weighted by atomic mass is 79.9. The number of halogens is 1. The molecule has 0 aromatic carbocycles. The predicted octanol–water partition coefficient (Wildman–Crippen LogP) is 3.32. The summed E-state index contributed by atoms with van der Waals surface area (Å²) in [6, 6.07) is 4.18. The number of allylic oxidation sites excluding steroid dienone is 2. The van der Waals surface area contributed by atoms with Gasteiger partial charge in [0, 0.05) is 43.4 Å². The van der Waals surface area contributed by atoms with Gasteiger partial charge in [-0.2, -0.15) is 0 Å². The Balaban J connectivity index is 1.49. The molecule has 1 saturated heterocycles. The molecule has 0 radical (unpaired) electrons. The third-order valence-corrected chi connectivity index (χ3v) is 4.77. The minimum atomic E-state index is 0.873. The van der Waals surface area contributed by atoms with Crippen molar-refractivity contribution in [2.24, 2.45) is 5.92 Å². The second kappa shape index (κ2) is 6.72. The Labute approximate surface area is 129 Å². The van der Waals surface area contributed by atoms with Crippen LogP contribution < -0.4 is 4.90 Å². The maximum absolute atomic E-state index is 4.49. The lowest BCUT2D eigenvalue weighted by atomic mass is 9.94. The molecule has 1 aromatic rings. The molecule has 2 aliphatic rings. The number of nitrogens with zero attached hydrogens (tertiary/aromatic N) is 3. The van der Waals surface area contributed by atoms with Crippen molar-refractivity contribution in [3.8, 4) is 0 Å². The fraction of sp³-hybridized carbons (Fsp3) is 0.562. The minimum absolute atomic E-state index is 0.873. The van der Waals surface area contributed by atoms with Crippen molar-refractivity contribution in [2.45, 2.75) is 19.3 Å². The van der Waals surface area contributed by atoms with E-state index in [9.17, 15) is 0 Å². The molecule has 108 valence electrons. The molecule has 0 amide bonds. The second-order valence-corrected chi connectivity index (χ2v) is 6.69. The first-order chi connectivity index (χ1) is 9.81. The zero-order valence-electron chi connectivity index (χ0n) is 11.8. The summed E-state index contributed by atoms with van der Waals surface area (Å²) in [5, 5.41) is 0. The van der Waals surface area contributed by atoms with E-state index in [1.54, 1.807) is 0 Å². The lowest BCUT2D eigenvalue weighted by Crippen LogP contribution is -2.48. The Morgan fingerprint density at radius 3 is 2.65 bits per heavy atom. The molecule has 1 atom stereocenters. The van der Waals surface area contributed by atoms with E-state index in [2.05, 4.69) is 55.0 Å². The number of rotatable bonds is 3. The maximum atomic E-state index is 4.49. The van der Waals surface area contributed by atoms with E-state index in [-0.39, 0.29) is 0 Å². The van der Waals surface area contributed by atoms with Gasteiger partial charge in [0.2, 0.25) is 0 Å². The molecule has 4 heteroatoms. The molecule has 0 spiro atoms. The highest BCUT2D eigenvalue weighted by Gasteiger charge is 2.20. The molecule has 1 fully saturated rings. The molecular formula is C16H22BrN3. The van der Waals surface area contributed by atoms with E-state index in [4.69, 9.17) is 0 Å². The van der Waals surface area contributed by atoms with Gasteiger partial charge in [-0.15, -0.1) is 0 Å². The normalized spacial score (nSPS) is 24.1. The van der Waals surface area contributed by atoms with Gasteiger partial charge in [0.15, 0.2) is 0 Å². The van der Waals surface area contributed by atoms with E-state index in [0.29, 0.717) is 0 Å². The lowest BCUT2D eigenvalue weighted by molar-refractivity contribution is 0.211. The number of piperazine rings is 1. The highest BCUT2D eigenvalue weighted by molar-refractivity contribution is 9.10. The van der Waals surface area contributed by atoms with Crippen LogP contribution in [0.2, 0.25) is 0 Å². The summed E-state index contributed by atoms with van der Waals surface area (Å²) >= 11 is 3.44. The summed E-state index contributed by atoms with van der Waals surface area (Å²) in [7, 11) is 0. The van der Waals surface area contributed by atoms with Crippen molar-refractivity contribution in [3.63, 3.8) is 0 Å². The van der Waals surface area contributed by atoms with E-state index in [1.165, 1.54) is 25.8 Å². The van der Waals surface area contributed by atoms with E-state index < -0.39 is 0 Å². The molecule has 1 aliphatic carbocycles. The maximum Gasteiger partial charge on any atom is 0.128 e. The van der Waals surface area contributed by atoms with Crippen LogP contribution in [0.3, 0.4) is 0 Å². The fourth-order valence-corrected chi connectivity index (χ4v) is 3.34. The highest BCUT2D eigenvalue weighted by Crippen LogP contribution is 2.21.